The number of nitrogens with zero attached hydrogens (tertiary/aromatic N) is 1. The number of nitrogens with two attached hydrogens (primary N) is 1. The summed E-state index contributed by atoms with van der Waals surface area (Å²) >= 11 is 0. The van der Waals surface area contributed by atoms with Gasteiger partial charge in [0.25, 0.3) is 0 Å². The van der Waals surface area contributed by atoms with Gasteiger partial charge in [0.1, 0.15) is 0 Å². The van der Waals surface area contributed by atoms with Crippen LogP contribution < -0.4 is 10.6 Å². The van der Waals surface area contributed by atoms with Gasteiger partial charge in [-0.25, -0.2) is 0 Å². The third-order valence-electron chi connectivity index (χ3n) is 4.63. The molecule has 1 heterocycles. The first-order valence-electron chi connectivity index (χ1n) is 7.86. The zero-order chi connectivity index (χ0) is 13.7. The summed E-state index contributed by atoms with van der Waals surface area (Å²) in [4.78, 5) is 2.60. The van der Waals surface area contributed by atoms with E-state index in [1.54, 1.807) is 0 Å². The summed E-state index contributed by atoms with van der Waals surface area (Å²) in [6, 6.07) is 9.39. The summed E-state index contributed by atoms with van der Waals surface area (Å²) in [5.74, 6) is 0.705. The second-order valence-corrected chi connectivity index (χ2v) is 5.66. The molecule has 0 radical (unpaired) electrons. The third-order valence-corrected chi connectivity index (χ3v) is 4.63. The van der Waals surface area contributed by atoms with Crippen molar-refractivity contribution in [3.63, 3.8) is 0 Å². The highest BCUT2D eigenvalue weighted by Gasteiger charge is 2.26. The fourth-order valence-electron chi connectivity index (χ4n) is 3.47. The molecule has 2 N–H and O–H groups in total. The highest BCUT2D eigenvalue weighted by Crippen LogP contribution is 2.31. The summed E-state index contributed by atoms with van der Waals surface area (Å²) < 4.78 is 0. The monoisotopic (exact) mass is 260 g/mol. The summed E-state index contributed by atoms with van der Waals surface area (Å²) in [5, 5.41) is 0. The van der Waals surface area contributed by atoms with Crippen LogP contribution in [-0.2, 0) is 6.42 Å². The molecule has 1 aliphatic rings. The van der Waals surface area contributed by atoms with Gasteiger partial charge in [0.15, 0.2) is 0 Å². The van der Waals surface area contributed by atoms with Gasteiger partial charge >= 0.3 is 0 Å². The standard InChI is InChI=1S/C17H28N2/c1-3-14(4-2)17(13-18)19-12-8-7-10-15-9-5-6-11-16(15)19/h5-6,9,11,14,17H,3-4,7-8,10,12-13,18H2,1-2H3. The van der Waals surface area contributed by atoms with Crippen molar-refractivity contribution in [2.75, 3.05) is 18.0 Å². The van der Waals surface area contributed by atoms with E-state index < -0.39 is 0 Å². The van der Waals surface area contributed by atoms with Gasteiger partial charge in [-0.15, -0.1) is 0 Å². The zero-order valence-electron chi connectivity index (χ0n) is 12.4. The van der Waals surface area contributed by atoms with E-state index in [1.165, 1.54) is 43.4 Å². The fraction of sp³-hybridized carbons (Fsp3) is 0.647. The van der Waals surface area contributed by atoms with E-state index in [9.17, 15) is 0 Å². The smallest absolute Gasteiger partial charge is 0.0440 e. The molecule has 1 unspecified atom stereocenters. The summed E-state index contributed by atoms with van der Waals surface area (Å²) in [6.07, 6.45) is 6.24. The van der Waals surface area contributed by atoms with Crippen molar-refractivity contribution in [2.45, 2.75) is 52.0 Å². The summed E-state index contributed by atoms with van der Waals surface area (Å²) in [6.45, 7) is 6.51. The van der Waals surface area contributed by atoms with E-state index in [0.29, 0.717) is 12.0 Å². The maximum absolute atomic E-state index is 6.12. The van der Waals surface area contributed by atoms with Crippen LogP contribution in [0.5, 0.6) is 0 Å². The Hall–Kier alpha value is -1.02. The van der Waals surface area contributed by atoms with Crippen LogP contribution >= 0.6 is 0 Å². The van der Waals surface area contributed by atoms with Crippen LogP contribution in [0.4, 0.5) is 5.69 Å². The Morgan fingerprint density at radius 1 is 1.16 bits per heavy atom. The van der Waals surface area contributed by atoms with Gasteiger partial charge in [0.2, 0.25) is 0 Å². The number of rotatable bonds is 5. The van der Waals surface area contributed by atoms with Gasteiger partial charge in [-0.1, -0.05) is 44.9 Å². The fourth-order valence-corrected chi connectivity index (χ4v) is 3.47. The first kappa shape index (κ1) is 14.4. The highest BCUT2D eigenvalue weighted by molar-refractivity contribution is 5.55. The van der Waals surface area contributed by atoms with E-state index in [-0.39, 0.29) is 0 Å². The molecule has 1 aromatic carbocycles. The minimum Gasteiger partial charge on any atom is -0.367 e. The van der Waals surface area contributed by atoms with Crippen molar-refractivity contribution >= 4 is 5.69 Å². The lowest BCUT2D eigenvalue weighted by Gasteiger charge is -2.38. The van der Waals surface area contributed by atoms with Crippen LogP contribution in [0.1, 0.15) is 45.1 Å². The Bertz CT molecular complexity index is 385. The molecule has 0 aromatic heterocycles. The average molecular weight is 260 g/mol. The molecule has 1 atom stereocenters. The number of hydrogen-bond donors (Lipinski definition) is 1. The number of anilines is 1. The van der Waals surface area contributed by atoms with E-state index in [1.807, 2.05) is 0 Å². The molecule has 0 saturated carbocycles. The van der Waals surface area contributed by atoms with E-state index in [4.69, 9.17) is 5.73 Å². The molecule has 2 rings (SSSR count). The highest BCUT2D eigenvalue weighted by atomic mass is 15.2. The predicted molar refractivity (Wildman–Crippen MR) is 83.6 cm³/mol. The average Bonchev–Trinajstić information content (AvgIpc) is 2.67. The third kappa shape index (κ3) is 3.11. The molecule has 0 spiro atoms. The van der Waals surface area contributed by atoms with Crippen LogP contribution in [0, 0.1) is 5.92 Å². The number of aryl methyl sites for hydroxylation is 1. The van der Waals surface area contributed by atoms with Crippen molar-refractivity contribution in [3.05, 3.63) is 29.8 Å². The second-order valence-electron chi connectivity index (χ2n) is 5.66. The minimum atomic E-state index is 0.495. The SMILES string of the molecule is CCC(CC)C(CN)N1CCCCc2ccccc21. The molecule has 1 aromatic rings. The molecule has 2 heteroatoms. The Labute approximate surface area is 118 Å². The van der Waals surface area contributed by atoms with Crippen LogP contribution in [0.3, 0.4) is 0 Å². The Morgan fingerprint density at radius 3 is 2.58 bits per heavy atom. The van der Waals surface area contributed by atoms with Crippen LogP contribution in [-0.4, -0.2) is 19.1 Å². The first-order valence-corrected chi connectivity index (χ1v) is 7.86. The lowest BCUT2D eigenvalue weighted by molar-refractivity contribution is 0.377. The lowest BCUT2D eigenvalue weighted by Crippen LogP contribution is -2.46. The molecule has 0 aliphatic carbocycles. The molecule has 1 aliphatic heterocycles. The first-order chi connectivity index (χ1) is 9.31. The van der Waals surface area contributed by atoms with Crippen molar-refractivity contribution in [1.29, 1.82) is 0 Å². The summed E-state index contributed by atoms with van der Waals surface area (Å²) in [7, 11) is 0. The lowest BCUT2D eigenvalue weighted by atomic mass is 9.92. The van der Waals surface area contributed by atoms with Gasteiger partial charge in [0, 0.05) is 24.8 Å². The van der Waals surface area contributed by atoms with Gasteiger partial charge in [-0.3, -0.25) is 0 Å². The van der Waals surface area contributed by atoms with Crippen LogP contribution in [0.15, 0.2) is 24.3 Å². The van der Waals surface area contributed by atoms with E-state index >= 15 is 0 Å². The normalized spacial score (nSPS) is 17.2. The number of hydrogen-bond acceptors (Lipinski definition) is 2. The number of para-hydroxylation sites is 1. The topological polar surface area (TPSA) is 29.3 Å². The Morgan fingerprint density at radius 2 is 1.89 bits per heavy atom. The molecular weight excluding hydrogens is 232 g/mol. The maximum Gasteiger partial charge on any atom is 0.0440 e. The number of benzene rings is 1. The van der Waals surface area contributed by atoms with Crippen LogP contribution in [0.25, 0.3) is 0 Å². The van der Waals surface area contributed by atoms with E-state index in [2.05, 4.69) is 43.0 Å². The maximum atomic E-state index is 6.12. The molecule has 0 bridgehead atoms. The minimum absolute atomic E-state index is 0.495. The molecule has 0 amide bonds. The zero-order valence-corrected chi connectivity index (χ0v) is 12.4. The Kier molecular flexibility index (Phi) is 5.26. The van der Waals surface area contributed by atoms with Crippen molar-refractivity contribution in [1.82, 2.24) is 0 Å². The molecule has 19 heavy (non-hydrogen) atoms. The number of fused-ring (bicyclic) bond motifs is 1. The van der Waals surface area contributed by atoms with E-state index in [0.717, 1.165) is 13.1 Å². The molecule has 2 nitrogen and oxygen atoms in total. The molecule has 106 valence electrons. The predicted octanol–water partition coefficient (Wildman–Crippen LogP) is 3.59. The van der Waals surface area contributed by atoms with Gasteiger partial charge in [-0.05, 0) is 36.8 Å². The quantitative estimate of drug-likeness (QED) is 0.876. The molecule has 0 fully saturated rings. The van der Waals surface area contributed by atoms with Gasteiger partial charge < -0.3 is 10.6 Å². The van der Waals surface area contributed by atoms with Crippen molar-refractivity contribution in [2.24, 2.45) is 11.7 Å². The largest absolute Gasteiger partial charge is 0.367 e. The van der Waals surface area contributed by atoms with Crippen molar-refractivity contribution < 1.29 is 0 Å². The van der Waals surface area contributed by atoms with Gasteiger partial charge in [-0.2, -0.15) is 0 Å². The van der Waals surface area contributed by atoms with Gasteiger partial charge in [0.05, 0.1) is 0 Å². The molecule has 0 saturated heterocycles. The second kappa shape index (κ2) is 6.95. The van der Waals surface area contributed by atoms with Crippen LogP contribution in [0.2, 0.25) is 0 Å². The Balaban J connectivity index is 2.31. The molecular formula is C17H28N2. The summed E-state index contributed by atoms with van der Waals surface area (Å²) in [5.41, 5.74) is 9.06. The van der Waals surface area contributed by atoms with Crippen molar-refractivity contribution in [3.8, 4) is 0 Å².